The quantitative estimate of drug-likeness (QED) is 0.740. The van der Waals surface area contributed by atoms with Crippen molar-refractivity contribution in [2.24, 2.45) is 5.92 Å². The van der Waals surface area contributed by atoms with E-state index in [1.165, 1.54) is 5.56 Å². The maximum atomic E-state index is 12.4. The van der Waals surface area contributed by atoms with Crippen molar-refractivity contribution in [3.63, 3.8) is 0 Å². The van der Waals surface area contributed by atoms with Gasteiger partial charge in [0.2, 0.25) is 5.91 Å². The normalized spacial score (nSPS) is 18.2. The molecule has 2 amide bonds. The van der Waals surface area contributed by atoms with Gasteiger partial charge in [0.15, 0.2) is 5.69 Å². The van der Waals surface area contributed by atoms with Gasteiger partial charge in [-0.3, -0.25) is 9.59 Å². The first-order valence-corrected chi connectivity index (χ1v) is 9.98. The minimum Gasteiger partial charge on any atom is -0.376 e. The van der Waals surface area contributed by atoms with Crippen molar-refractivity contribution in [2.75, 3.05) is 13.2 Å². The number of nitrogens with one attached hydrogen (secondary N) is 2. The van der Waals surface area contributed by atoms with Gasteiger partial charge in [-0.25, -0.2) is 4.68 Å². The first-order valence-electron chi connectivity index (χ1n) is 9.98. The molecule has 2 N–H and O–H groups in total. The van der Waals surface area contributed by atoms with Crippen molar-refractivity contribution < 1.29 is 14.3 Å². The van der Waals surface area contributed by atoms with Gasteiger partial charge in [-0.1, -0.05) is 35.0 Å². The van der Waals surface area contributed by atoms with E-state index < -0.39 is 0 Å². The molecule has 1 aromatic carbocycles. The summed E-state index contributed by atoms with van der Waals surface area (Å²) in [5.74, 6) is -0.263. The van der Waals surface area contributed by atoms with Crippen molar-refractivity contribution in [1.82, 2.24) is 25.6 Å². The van der Waals surface area contributed by atoms with E-state index in [9.17, 15) is 9.59 Å². The largest absolute Gasteiger partial charge is 0.376 e. The molecule has 1 fully saturated rings. The zero-order chi connectivity index (χ0) is 20.9. The number of aryl methyl sites for hydroxylation is 1. The monoisotopic (exact) mass is 399 g/mol. The van der Waals surface area contributed by atoms with Crippen LogP contribution < -0.4 is 10.6 Å². The highest BCUT2D eigenvalue weighted by atomic mass is 16.5. The fourth-order valence-electron chi connectivity index (χ4n) is 3.38. The van der Waals surface area contributed by atoms with Crippen LogP contribution in [0.15, 0.2) is 30.5 Å². The van der Waals surface area contributed by atoms with Crippen LogP contribution in [0.25, 0.3) is 0 Å². The third-order valence-corrected chi connectivity index (χ3v) is 5.05. The Morgan fingerprint density at radius 1 is 1.24 bits per heavy atom. The molecule has 8 heteroatoms. The second kappa shape index (κ2) is 9.17. The van der Waals surface area contributed by atoms with Gasteiger partial charge in [-0.2, -0.15) is 0 Å². The average molecular weight is 399 g/mol. The van der Waals surface area contributed by atoms with E-state index in [1.807, 2.05) is 45.0 Å². The molecule has 3 rings (SSSR count). The van der Waals surface area contributed by atoms with Crippen LogP contribution in [0, 0.1) is 12.8 Å². The lowest BCUT2D eigenvalue weighted by Gasteiger charge is -2.34. The summed E-state index contributed by atoms with van der Waals surface area (Å²) in [5, 5.41) is 13.7. The van der Waals surface area contributed by atoms with Crippen LogP contribution in [-0.2, 0) is 22.6 Å². The Bertz CT molecular complexity index is 844. The van der Waals surface area contributed by atoms with Gasteiger partial charge in [0, 0.05) is 25.6 Å². The maximum Gasteiger partial charge on any atom is 0.273 e. The molecule has 156 valence electrons. The number of benzene rings is 1. The van der Waals surface area contributed by atoms with Crippen LogP contribution >= 0.6 is 0 Å². The molecule has 0 unspecified atom stereocenters. The van der Waals surface area contributed by atoms with Crippen LogP contribution in [0.2, 0.25) is 0 Å². The van der Waals surface area contributed by atoms with Crippen LogP contribution in [0.1, 0.15) is 48.3 Å². The van der Waals surface area contributed by atoms with E-state index in [4.69, 9.17) is 4.74 Å². The predicted octanol–water partition coefficient (Wildman–Crippen LogP) is 1.84. The molecule has 1 aliphatic heterocycles. The SMILES string of the molecule is Cc1ccc(CNC(=O)c2cn(CCNC(=O)[C@H]3CCOC(C)(C)C3)nn2)cc1. The van der Waals surface area contributed by atoms with E-state index in [0.717, 1.165) is 12.0 Å². The molecule has 2 heterocycles. The summed E-state index contributed by atoms with van der Waals surface area (Å²) in [4.78, 5) is 24.6. The molecule has 0 spiro atoms. The van der Waals surface area contributed by atoms with E-state index in [0.29, 0.717) is 32.7 Å². The lowest BCUT2D eigenvalue weighted by molar-refractivity contribution is -0.135. The van der Waals surface area contributed by atoms with E-state index in [-0.39, 0.29) is 29.0 Å². The molecular formula is C21H29N5O3. The lowest BCUT2D eigenvalue weighted by Crippen LogP contribution is -2.42. The summed E-state index contributed by atoms with van der Waals surface area (Å²) in [6.45, 7) is 7.97. The third kappa shape index (κ3) is 6.12. The van der Waals surface area contributed by atoms with Gasteiger partial charge in [-0.15, -0.1) is 5.10 Å². The fraction of sp³-hybridized carbons (Fsp3) is 0.524. The maximum absolute atomic E-state index is 12.4. The summed E-state index contributed by atoms with van der Waals surface area (Å²) < 4.78 is 7.22. The standard InChI is InChI=1S/C21H29N5O3/c1-15-4-6-16(7-5-15)13-23-20(28)18-14-26(25-24-18)10-9-22-19(27)17-8-11-29-21(2,3)12-17/h4-7,14,17H,8-13H2,1-3H3,(H,22,27)(H,23,28)/t17-/m0/s1. The molecule has 1 aromatic heterocycles. The molecule has 8 nitrogen and oxygen atoms in total. The average Bonchev–Trinajstić information content (AvgIpc) is 3.15. The number of hydrogen-bond donors (Lipinski definition) is 2. The molecule has 29 heavy (non-hydrogen) atoms. The van der Waals surface area contributed by atoms with E-state index in [1.54, 1.807) is 10.9 Å². The molecule has 0 radical (unpaired) electrons. The fourth-order valence-corrected chi connectivity index (χ4v) is 3.38. The minimum atomic E-state index is -0.273. The Kier molecular flexibility index (Phi) is 6.64. The zero-order valence-corrected chi connectivity index (χ0v) is 17.3. The molecular weight excluding hydrogens is 370 g/mol. The Morgan fingerprint density at radius 2 is 2.00 bits per heavy atom. The Morgan fingerprint density at radius 3 is 2.72 bits per heavy atom. The predicted molar refractivity (Wildman–Crippen MR) is 108 cm³/mol. The molecule has 0 aliphatic carbocycles. The number of aromatic nitrogens is 3. The van der Waals surface area contributed by atoms with Crippen molar-refractivity contribution in [3.8, 4) is 0 Å². The smallest absolute Gasteiger partial charge is 0.273 e. The number of amides is 2. The molecule has 0 saturated carbocycles. The van der Waals surface area contributed by atoms with E-state index in [2.05, 4.69) is 20.9 Å². The molecule has 1 saturated heterocycles. The van der Waals surface area contributed by atoms with Crippen molar-refractivity contribution in [3.05, 3.63) is 47.3 Å². The number of rotatable bonds is 7. The topological polar surface area (TPSA) is 98.1 Å². The number of nitrogens with zero attached hydrogens (tertiary/aromatic N) is 3. The minimum absolute atomic E-state index is 0.0300. The molecule has 0 bridgehead atoms. The Labute approximate surface area is 171 Å². The van der Waals surface area contributed by atoms with Gasteiger partial charge in [0.25, 0.3) is 5.91 Å². The highest BCUT2D eigenvalue weighted by molar-refractivity contribution is 5.91. The summed E-state index contributed by atoms with van der Waals surface area (Å²) in [5.41, 5.74) is 2.20. The first-order chi connectivity index (χ1) is 13.8. The van der Waals surface area contributed by atoms with Crippen LogP contribution in [0.4, 0.5) is 0 Å². The molecule has 1 atom stereocenters. The Hall–Kier alpha value is -2.74. The van der Waals surface area contributed by atoms with Gasteiger partial charge in [-0.05, 0) is 39.2 Å². The highest BCUT2D eigenvalue weighted by Gasteiger charge is 2.32. The van der Waals surface area contributed by atoms with Crippen molar-refractivity contribution in [2.45, 2.75) is 52.3 Å². The van der Waals surface area contributed by atoms with Crippen LogP contribution in [0.5, 0.6) is 0 Å². The van der Waals surface area contributed by atoms with Crippen molar-refractivity contribution >= 4 is 11.8 Å². The second-order valence-corrected chi connectivity index (χ2v) is 8.12. The number of carbonyl (C=O) groups excluding carboxylic acids is 2. The lowest BCUT2D eigenvalue weighted by atomic mass is 9.88. The molecule has 1 aliphatic rings. The second-order valence-electron chi connectivity index (χ2n) is 8.12. The Balaban J connectivity index is 1.42. The van der Waals surface area contributed by atoms with Gasteiger partial charge < -0.3 is 15.4 Å². The van der Waals surface area contributed by atoms with Gasteiger partial charge >= 0.3 is 0 Å². The number of hydrogen-bond acceptors (Lipinski definition) is 5. The molecule has 2 aromatic rings. The van der Waals surface area contributed by atoms with E-state index >= 15 is 0 Å². The third-order valence-electron chi connectivity index (χ3n) is 5.05. The van der Waals surface area contributed by atoms with Gasteiger partial charge in [0.05, 0.1) is 18.3 Å². The highest BCUT2D eigenvalue weighted by Crippen LogP contribution is 2.28. The summed E-state index contributed by atoms with van der Waals surface area (Å²) >= 11 is 0. The first kappa shape index (κ1) is 21.0. The number of carbonyl (C=O) groups is 2. The van der Waals surface area contributed by atoms with Gasteiger partial charge in [0.1, 0.15) is 0 Å². The zero-order valence-electron chi connectivity index (χ0n) is 17.3. The summed E-state index contributed by atoms with van der Waals surface area (Å²) in [7, 11) is 0. The summed E-state index contributed by atoms with van der Waals surface area (Å²) in [6.07, 6.45) is 3.05. The number of ether oxygens (including phenoxy) is 1. The summed E-state index contributed by atoms with van der Waals surface area (Å²) in [6, 6.07) is 7.98. The van der Waals surface area contributed by atoms with Crippen molar-refractivity contribution in [1.29, 1.82) is 0 Å². The van der Waals surface area contributed by atoms with Crippen LogP contribution in [0.3, 0.4) is 0 Å². The van der Waals surface area contributed by atoms with Crippen LogP contribution in [-0.4, -0.2) is 45.6 Å².